The first-order chi connectivity index (χ1) is 6.29. The van der Waals surface area contributed by atoms with Gasteiger partial charge in [0.1, 0.15) is 0 Å². The maximum Gasteiger partial charge on any atom is 0.321 e. The average Bonchev–Trinajstić information content (AvgIpc) is 2.71. The Balaban J connectivity index is 2.35. The summed E-state index contributed by atoms with van der Waals surface area (Å²) in [5.74, 6) is 0.539. The van der Waals surface area contributed by atoms with E-state index in [4.69, 9.17) is 4.52 Å². The molecule has 2 aromatic heterocycles. The minimum atomic E-state index is 0.402. The molecule has 2 heterocycles. The zero-order valence-corrected chi connectivity index (χ0v) is 7.35. The van der Waals surface area contributed by atoms with E-state index >= 15 is 0 Å². The Morgan fingerprint density at radius 3 is 2.92 bits per heavy atom. The molecule has 13 heavy (non-hydrogen) atoms. The highest BCUT2D eigenvalue weighted by Crippen LogP contribution is 2.15. The minimum absolute atomic E-state index is 0.402. The number of aryl methyl sites for hydroxylation is 1. The van der Waals surface area contributed by atoms with E-state index in [9.17, 15) is 0 Å². The summed E-state index contributed by atoms with van der Waals surface area (Å²) in [5.41, 5.74) is 0.841. The first kappa shape index (κ1) is 7.78. The Bertz CT molecular complexity index is 404. The molecule has 68 valence electrons. The molecule has 2 aromatic rings. The molecule has 2 rings (SSSR count). The number of nitrogens with zero attached hydrogens (tertiary/aromatic N) is 4. The van der Waals surface area contributed by atoms with Crippen molar-refractivity contribution in [3.05, 3.63) is 12.4 Å². The van der Waals surface area contributed by atoms with E-state index in [0.29, 0.717) is 11.8 Å². The van der Waals surface area contributed by atoms with Crippen molar-refractivity contribution in [2.24, 2.45) is 7.05 Å². The quantitative estimate of drug-likeness (QED) is 0.727. The van der Waals surface area contributed by atoms with Crippen LogP contribution in [0.4, 0.5) is 6.01 Å². The van der Waals surface area contributed by atoms with E-state index in [1.54, 1.807) is 17.9 Å². The molecule has 6 heteroatoms. The summed E-state index contributed by atoms with van der Waals surface area (Å²) >= 11 is 0. The van der Waals surface area contributed by atoms with Crippen LogP contribution in [0.15, 0.2) is 16.9 Å². The fourth-order valence-electron chi connectivity index (χ4n) is 0.979. The van der Waals surface area contributed by atoms with Gasteiger partial charge in [-0.3, -0.25) is 4.68 Å². The molecule has 1 N–H and O–H groups in total. The summed E-state index contributed by atoms with van der Waals surface area (Å²) in [5, 5.41) is 10.5. The Labute approximate surface area is 74.6 Å². The highest BCUT2D eigenvalue weighted by Gasteiger charge is 2.07. The number of nitrogens with one attached hydrogen (secondary N) is 1. The Hall–Kier alpha value is -1.85. The van der Waals surface area contributed by atoms with Gasteiger partial charge in [-0.2, -0.15) is 10.1 Å². The van der Waals surface area contributed by atoms with Gasteiger partial charge >= 0.3 is 6.01 Å². The van der Waals surface area contributed by atoms with Crippen molar-refractivity contribution in [1.29, 1.82) is 0 Å². The van der Waals surface area contributed by atoms with Crippen molar-refractivity contribution in [1.82, 2.24) is 19.9 Å². The van der Waals surface area contributed by atoms with Gasteiger partial charge < -0.3 is 9.84 Å². The molecule has 0 atom stereocenters. The molecule has 0 bridgehead atoms. The lowest BCUT2D eigenvalue weighted by atomic mass is 10.3. The average molecular weight is 179 g/mol. The molecular formula is C7H9N5O. The third-order valence-corrected chi connectivity index (χ3v) is 1.60. The van der Waals surface area contributed by atoms with Crippen LogP contribution in [0, 0.1) is 0 Å². The molecule has 0 aliphatic rings. The fraction of sp³-hybridized carbons (Fsp3) is 0.286. The van der Waals surface area contributed by atoms with Crippen LogP contribution in [0.5, 0.6) is 0 Å². The van der Waals surface area contributed by atoms with Gasteiger partial charge in [-0.25, -0.2) is 0 Å². The SMILES string of the molecule is CNc1nc(-c2cnn(C)c2)no1. The first-order valence-corrected chi connectivity index (χ1v) is 3.80. The van der Waals surface area contributed by atoms with Crippen LogP contribution in [0.3, 0.4) is 0 Å². The summed E-state index contributed by atoms with van der Waals surface area (Å²) in [6.45, 7) is 0. The van der Waals surface area contributed by atoms with Crippen molar-refractivity contribution in [3.63, 3.8) is 0 Å². The predicted molar refractivity (Wildman–Crippen MR) is 46.0 cm³/mol. The second-order valence-electron chi connectivity index (χ2n) is 2.58. The van der Waals surface area contributed by atoms with Gasteiger partial charge in [0.2, 0.25) is 5.82 Å². The van der Waals surface area contributed by atoms with Crippen LogP contribution in [-0.4, -0.2) is 27.0 Å². The second-order valence-corrected chi connectivity index (χ2v) is 2.58. The molecule has 0 aliphatic carbocycles. The molecule has 6 nitrogen and oxygen atoms in total. The molecule has 0 aliphatic heterocycles. The van der Waals surface area contributed by atoms with Gasteiger partial charge in [-0.1, -0.05) is 5.16 Å². The van der Waals surface area contributed by atoms with Crippen LogP contribution in [0.2, 0.25) is 0 Å². The Kier molecular flexibility index (Phi) is 1.73. The number of aromatic nitrogens is 4. The van der Waals surface area contributed by atoms with Gasteiger partial charge in [0.15, 0.2) is 0 Å². The third kappa shape index (κ3) is 1.37. The van der Waals surface area contributed by atoms with Gasteiger partial charge in [0.25, 0.3) is 0 Å². The maximum absolute atomic E-state index is 4.87. The summed E-state index contributed by atoms with van der Waals surface area (Å²) < 4.78 is 6.55. The van der Waals surface area contributed by atoms with E-state index in [-0.39, 0.29) is 0 Å². The molecule has 0 aromatic carbocycles. The summed E-state index contributed by atoms with van der Waals surface area (Å²) in [7, 11) is 3.56. The second kappa shape index (κ2) is 2.89. The molecule has 0 amide bonds. The van der Waals surface area contributed by atoms with E-state index < -0.39 is 0 Å². The lowest BCUT2D eigenvalue weighted by Gasteiger charge is -1.84. The van der Waals surface area contributed by atoms with E-state index in [1.165, 1.54) is 0 Å². The largest absolute Gasteiger partial charge is 0.341 e. The summed E-state index contributed by atoms with van der Waals surface area (Å²) in [6, 6.07) is 0.402. The number of anilines is 1. The highest BCUT2D eigenvalue weighted by atomic mass is 16.5. The smallest absolute Gasteiger partial charge is 0.321 e. The fourth-order valence-corrected chi connectivity index (χ4v) is 0.979. The summed E-state index contributed by atoms with van der Waals surface area (Å²) in [6.07, 6.45) is 3.51. The monoisotopic (exact) mass is 179 g/mol. The van der Waals surface area contributed by atoms with Crippen LogP contribution in [0.25, 0.3) is 11.4 Å². The van der Waals surface area contributed by atoms with Gasteiger partial charge in [-0.05, 0) is 0 Å². The van der Waals surface area contributed by atoms with Gasteiger partial charge in [-0.15, -0.1) is 0 Å². The number of rotatable bonds is 2. The lowest BCUT2D eigenvalue weighted by Crippen LogP contribution is -1.86. The molecule has 0 saturated carbocycles. The minimum Gasteiger partial charge on any atom is -0.341 e. The van der Waals surface area contributed by atoms with Crippen LogP contribution in [-0.2, 0) is 7.05 Å². The lowest BCUT2D eigenvalue weighted by molar-refractivity contribution is 0.434. The van der Waals surface area contributed by atoms with Crippen molar-refractivity contribution >= 4 is 6.01 Å². The standard InChI is InChI=1S/C7H9N5O/c1-8-7-10-6(11-13-7)5-3-9-12(2)4-5/h3-4H,1-2H3,(H,8,10,11). The van der Waals surface area contributed by atoms with Gasteiger partial charge in [0.05, 0.1) is 11.8 Å². The Morgan fingerprint density at radius 2 is 2.38 bits per heavy atom. The normalized spacial score (nSPS) is 10.3. The van der Waals surface area contributed by atoms with Gasteiger partial charge in [0, 0.05) is 20.3 Å². The maximum atomic E-state index is 4.87. The van der Waals surface area contributed by atoms with E-state index in [0.717, 1.165) is 5.56 Å². The molecule has 0 fully saturated rings. The molecule has 0 spiro atoms. The number of hydrogen-bond acceptors (Lipinski definition) is 5. The predicted octanol–water partition coefficient (Wildman–Crippen LogP) is 0.512. The zero-order valence-electron chi connectivity index (χ0n) is 7.35. The van der Waals surface area contributed by atoms with E-state index in [1.807, 2.05) is 13.2 Å². The van der Waals surface area contributed by atoms with Crippen LogP contribution >= 0.6 is 0 Å². The topological polar surface area (TPSA) is 68.8 Å². The van der Waals surface area contributed by atoms with Crippen molar-refractivity contribution in [2.45, 2.75) is 0 Å². The third-order valence-electron chi connectivity index (χ3n) is 1.60. The Morgan fingerprint density at radius 1 is 1.54 bits per heavy atom. The van der Waals surface area contributed by atoms with Crippen molar-refractivity contribution in [3.8, 4) is 11.4 Å². The van der Waals surface area contributed by atoms with Crippen molar-refractivity contribution < 1.29 is 4.52 Å². The molecule has 0 unspecified atom stereocenters. The number of hydrogen-bond donors (Lipinski definition) is 1. The zero-order chi connectivity index (χ0) is 9.26. The molecule has 0 saturated heterocycles. The molecular weight excluding hydrogens is 170 g/mol. The molecule has 0 radical (unpaired) electrons. The van der Waals surface area contributed by atoms with E-state index in [2.05, 4.69) is 20.6 Å². The summed E-state index contributed by atoms with van der Waals surface area (Å²) in [4.78, 5) is 4.07. The van der Waals surface area contributed by atoms with Crippen LogP contribution in [0.1, 0.15) is 0 Å². The first-order valence-electron chi connectivity index (χ1n) is 3.80. The highest BCUT2D eigenvalue weighted by molar-refractivity contribution is 5.52. The van der Waals surface area contributed by atoms with Crippen LogP contribution < -0.4 is 5.32 Å². The van der Waals surface area contributed by atoms with Crippen molar-refractivity contribution in [2.75, 3.05) is 12.4 Å².